The predicted molar refractivity (Wildman–Crippen MR) is 139 cm³/mol. The van der Waals surface area contributed by atoms with E-state index in [0.29, 0.717) is 12.3 Å². The quantitative estimate of drug-likeness (QED) is 0.484. The zero-order valence-corrected chi connectivity index (χ0v) is 20.9. The molecule has 0 atom stereocenters. The molecule has 5 nitrogen and oxygen atoms in total. The smallest absolute Gasteiger partial charge is 0.222 e. The molecule has 1 aliphatic rings. The summed E-state index contributed by atoms with van der Waals surface area (Å²) < 4.78 is 0. The predicted octanol–water partition coefficient (Wildman–Crippen LogP) is 5.30. The van der Waals surface area contributed by atoms with Crippen molar-refractivity contribution in [2.24, 2.45) is 5.92 Å². The summed E-state index contributed by atoms with van der Waals surface area (Å²) in [5.74, 6) is 2.44. The molecule has 0 N–H and O–H groups in total. The normalized spacial score (nSPS) is 14.0. The van der Waals surface area contributed by atoms with Gasteiger partial charge in [-0.05, 0) is 24.8 Å². The highest BCUT2D eigenvalue weighted by atomic mass is 16.2. The molecule has 1 aromatic heterocycles. The first kappa shape index (κ1) is 23.9. The van der Waals surface area contributed by atoms with E-state index in [0.717, 1.165) is 61.9 Å². The molecule has 2 aromatic carbocycles. The second kappa shape index (κ2) is 10.8. The van der Waals surface area contributed by atoms with Gasteiger partial charge in [-0.1, -0.05) is 80.9 Å². The summed E-state index contributed by atoms with van der Waals surface area (Å²) in [6, 6.07) is 19.0. The molecule has 1 fully saturated rings. The number of carbonyl (C=O) groups is 1. The average molecular weight is 457 g/mol. The summed E-state index contributed by atoms with van der Waals surface area (Å²) in [7, 11) is 0. The van der Waals surface area contributed by atoms with E-state index in [1.165, 1.54) is 16.7 Å². The fourth-order valence-corrected chi connectivity index (χ4v) is 4.52. The molecule has 0 unspecified atom stereocenters. The summed E-state index contributed by atoms with van der Waals surface area (Å²) in [4.78, 5) is 27.1. The lowest BCUT2D eigenvalue weighted by molar-refractivity contribution is -0.132. The maximum Gasteiger partial charge on any atom is 0.222 e. The number of aryl methyl sites for hydroxylation is 2. The van der Waals surface area contributed by atoms with Gasteiger partial charge in [-0.2, -0.15) is 0 Å². The van der Waals surface area contributed by atoms with Gasteiger partial charge >= 0.3 is 0 Å². The lowest BCUT2D eigenvalue weighted by Crippen LogP contribution is -2.49. The summed E-state index contributed by atoms with van der Waals surface area (Å²) in [5.41, 5.74) is 5.86. The Hall–Kier alpha value is -3.21. The zero-order valence-electron chi connectivity index (χ0n) is 20.9. The molecule has 1 aliphatic heterocycles. The Labute approximate surface area is 203 Å². The second-order valence-corrected chi connectivity index (χ2v) is 9.64. The van der Waals surface area contributed by atoms with Crippen LogP contribution in [-0.2, 0) is 17.6 Å². The van der Waals surface area contributed by atoms with E-state index in [1.54, 1.807) is 0 Å². The SMILES string of the molecule is CCc1nc(-c2ccccc2)nc(N2CCN(C(=O)CC(C)C)CC2)c1Cc1ccc(C)cc1. The Morgan fingerprint density at radius 1 is 0.941 bits per heavy atom. The Morgan fingerprint density at radius 2 is 1.62 bits per heavy atom. The van der Waals surface area contributed by atoms with Crippen molar-refractivity contribution in [1.82, 2.24) is 14.9 Å². The van der Waals surface area contributed by atoms with Gasteiger partial charge in [-0.15, -0.1) is 0 Å². The molecule has 0 spiro atoms. The number of hydrogen-bond donors (Lipinski definition) is 0. The number of carbonyl (C=O) groups excluding carboxylic acids is 1. The van der Waals surface area contributed by atoms with Crippen LogP contribution in [0.15, 0.2) is 54.6 Å². The molecule has 0 aliphatic carbocycles. The molecule has 2 heterocycles. The third-order valence-corrected chi connectivity index (χ3v) is 6.45. The van der Waals surface area contributed by atoms with Crippen molar-refractivity contribution < 1.29 is 4.79 Å². The van der Waals surface area contributed by atoms with Gasteiger partial charge in [0.25, 0.3) is 0 Å². The number of piperazine rings is 1. The van der Waals surface area contributed by atoms with Gasteiger partial charge in [0, 0.05) is 55.8 Å². The maximum absolute atomic E-state index is 12.6. The summed E-state index contributed by atoms with van der Waals surface area (Å²) >= 11 is 0. The number of anilines is 1. The van der Waals surface area contributed by atoms with Crippen molar-refractivity contribution in [2.75, 3.05) is 31.1 Å². The summed E-state index contributed by atoms with van der Waals surface area (Å²) in [6.45, 7) is 11.5. The first-order valence-electron chi connectivity index (χ1n) is 12.5. The van der Waals surface area contributed by atoms with Crippen molar-refractivity contribution in [2.45, 2.75) is 47.0 Å². The van der Waals surface area contributed by atoms with Crippen LogP contribution in [0.2, 0.25) is 0 Å². The Balaban J connectivity index is 1.68. The van der Waals surface area contributed by atoms with Gasteiger partial charge in [0.15, 0.2) is 5.82 Å². The van der Waals surface area contributed by atoms with Crippen LogP contribution in [0.1, 0.15) is 49.6 Å². The van der Waals surface area contributed by atoms with Crippen LogP contribution in [0.25, 0.3) is 11.4 Å². The highest BCUT2D eigenvalue weighted by Crippen LogP contribution is 2.29. The Kier molecular flexibility index (Phi) is 7.61. The number of aromatic nitrogens is 2. The minimum absolute atomic E-state index is 0.261. The number of hydrogen-bond acceptors (Lipinski definition) is 4. The molecule has 5 heteroatoms. The third-order valence-electron chi connectivity index (χ3n) is 6.45. The standard InChI is InChI=1S/C29H36N4O/c1-5-26-25(20-23-13-11-22(4)12-14-23)29(31-28(30-26)24-9-7-6-8-10-24)33-17-15-32(16-18-33)27(34)19-21(2)3/h6-14,21H,5,15-20H2,1-4H3. The minimum Gasteiger partial charge on any atom is -0.353 e. The van der Waals surface area contributed by atoms with Crippen LogP contribution in [-0.4, -0.2) is 47.0 Å². The van der Waals surface area contributed by atoms with E-state index in [4.69, 9.17) is 9.97 Å². The monoisotopic (exact) mass is 456 g/mol. The van der Waals surface area contributed by atoms with Crippen LogP contribution in [0.3, 0.4) is 0 Å². The van der Waals surface area contributed by atoms with E-state index < -0.39 is 0 Å². The highest BCUT2D eigenvalue weighted by molar-refractivity contribution is 5.76. The first-order valence-corrected chi connectivity index (χ1v) is 12.5. The zero-order chi connectivity index (χ0) is 24.1. The number of nitrogens with zero attached hydrogens (tertiary/aromatic N) is 4. The van der Waals surface area contributed by atoms with E-state index in [1.807, 2.05) is 23.1 Å². The topological polar surface area (TPSA) is 49.3 Å². The van der Waals surface area contributed by atoms with Crippen molar-refractivity contribution in [3.8, 4) is 11.4 Å². The fourth-order valence-electron chi connectivity index (χ4n) is 4.52. The van der Waals surface area contributed by atoms with E-state index in [2.05, 4.69) is 69.0 Å². The van der Waals surface area contributed by atoms with Crippen LogP contribution in [0, 0.1) is 12.8 Å². The maximum atomic E-state index is 12.6. The van der Waals surface area contributed by atoms with Crippen LogP contribution in [0.4, 0.5) is 5.82 Å². The number of rotatable bonds is 7. The molecule has 0 radical (unpaired) electrons. The fraction of sp³-hybridized carbons (Fsp3) is 0.414. The van der Waals surface area contributed by atoms with Gasteiger partial charge < -0.3 is 9.80 Å². The van der Waals surface area contributed by atoms with Gasteiger partial charge in [-0.25, -0.2) is 9.97 Å². The van der Waals surface area contributed by atoms with Crippen LogP contribution < -0.4 is 4.90 Å². The molecule has 1 saturated heterocycles. The van der Waals surface area contributed by atoms with E-state index in [-0.39, 0.29) is 5.91 Å². The molecule has 1 amide bonds. The molecule has 0 saturated carbocycles. The van der Waals surface area contributed by atoms with E-state index >= 15 is 0 Å². The molecular formula is C29H36N4O. The molecular weight excluding hydrogens is 420 g/mol. The van der Waals surface area contributed by atoms with E-state index in [9.17, 15) is 4.79 Å². The molecule has 0 bridgehead atoms. The summed E-state index contributed by atoms with van der Waals surface area (Å²) in [6.07, 6.45) is 2.27. The van der Waals surface area contributed by atoms with Gasteiger partial charge in [0.05, 0.1) is 0 Å². The molecule has 4 rings (SSSR count). The van der Waals surface area contributed by atoms with Crippen molar-refractivity contribution in [3.05, 3.63) is 77.0 Å². The van der Waals surface area contributed by atoms with Crippen molar-refractivity contribution >= 4 is 11.7 Å². The van der Waals surface area contributed by atoms with Crippen LogP contribution >= 0.6 is 0 Å². The summed E-state index contributed by atoms with van der Waals surface area (Å²) in [5, 5.41) is 0. The number of benzene rings is 2. The van der Waals surface area contributed by atoms with Gasteiger partial charge in [-0.3, -0.25) is 4.79 Å². The lowest BCUT2D eigenvalue weighted by atomic mass is 10.0. The average Bonchev–Trinajstić information content (AvgIpc) is 2.85. The highest BCUT2D eigenvalue weighted by Gasteiger charge is 2.26. The Bertz CT molecular complexity index is 1100. The van der Waals surface area contributed by atoms with Gasteiger partial charge in [0.2, 0.25) is 5.91 Å². The minimum atomic E-state index is 0.261. The van der Waals surface area contributed by atoms with Crippen molar-refractivity contribution in [3.63, 3.8) is 0 Å². The lowest BCUT2D eigenvalue weighted by Gasteiger charge is -2.37. The van der Waals surface area contributed by atoms with Crippen molar-refractivity contribution in [1.29, 1.82) is 0 Å². The molecule has 178 valence electrons. The first-order chi connectivity index (χ1) is 16.4. The third kappa shape index (κ3) is 5.64. The molecule has 3 aromatic rings. The molecule has 34 heavy (non-hydrogen) atoms. The Morgan fingerprint density at radius 3 is 2.24 bits per heavy atom. The number of amides is 1. The second-order valence-electron chi connectivity index (χ2n) is 9.64. The van der Waals surface area contributed by atoms with Gasteiger partial charge in [0.1, 0.15) is 5.82 Å². The van der Waals surface area contributed by atoms with Crippen LogP contribution in [0.5, 0.6) is 0 Å². The largest absolute Gasteiger partial charge is 0.353 e.